The van der Waals surface area contributed by atoms with Crippen molar-refractivity contribution in [2.45, 2.75) is 46.1 Å². The number of H-pyrrole nitrogens is 2. The molecule has 1 aromatic carbocycles. The van der Waals surface area contributed by atoms with Crippen molar-refractivity contribution in [3.63, 3.8) is 0 Å². The standard InChI is InChI=1S/C28H32FN7/c1-5-18(14-19(6-2)31-17(3)4)20-15-21-24(16-22(20)29)34-35-25(21)27-32-23-10-11-30-28(26(23)33-27)36-12-8-7-9-13-36/h5-6,10-11,14-17,31H,2,7-9,12-13H2,1,3-4H3,(H,32,33)(H,34,35)/b18-5+,19-14+. The lowest BCUT2D eigenvalue weighted by molar-refractivity contribution is 0.574. The van der Waals surface area contributed by atoms with E-state index in [1.54, 1.807) is 6.08 Å². The molecule has 1 aliphatic heterocycles. The van der Waals surface area contributed by atoms with Gasteiger partial charge >= 0.3 is 0 Å². The molecule has 1 aliphatic rings. The van der Waals surface area contributed by atoms with Crippen LogP contribution in [0.1, 0.15) is 45.6 Å². The summed E-state index contributed by atoms with van der Waals surface area (Å²) in [6, 6.07) is 5.49. The van der Waals surface area contributed by atoms with Gasteiger partial charge in [0, 0.05) is 48.0 Å². The molecule has 0 aliphatic carbocycles. The van der Waals surface area contributed by atoms with Gasteiger partial charge in [-0.2, -0.15) is 5.10 Å². The van der Waals surface area contributed by atoms with Crippen LogP contribution in [0.3, 0.4) is 0 Å². The number of nitrogens with one attached hydrogen (secondary N) is 3. The number of benzene rings is 1. The number of aromatic nitrogens is 5. The SMILES string of the molecule is C=C/C(=C\C(=C/C)c1cc2c(-c3nc4c(N5CCCCC5)nccc4[nH]3)n[nH]c2cc1F)NC(C)C. The van der Waals surface area contributed by atoms with Gasteiger partial charge < -0.3 is 15.2 Å². The third-order valence-corrected chi connectivity index (χ3v) is 6.52. The molecule has 0 spiro atoms. The molecule has 7 nitrogen and oxygen atoms in total. The molecule has 0 saturated carbocycles. The number of piperidine rings is 1. The molecule has 5 rings (SSSR count). The van der Waals surface area contributed by atoms with Crippen LogP contribution < -0.4 is 10.2 Å². The van der Waals surface area contributed by atoms with Crippen molar-refractivity contribution in [3.05, 3.63) is 66.3 Å². The van der Waals surface area contributed by atoms with Crippen LogP contribution in [-0.2, 0) is 0 Å². The van der Waals surface area contributed by atoms with Crippen molar-refractivity contribution in [2.24, 2.45) is 0 Å². The number of hydrogen-bond donors (Lipinski definition) is 3. The number of rotatable bonds is 7. The lowest BCUT2D eigenvalue weighted by Gasteiger charge is -2.27. The summed E-state index contributed by atoms with van der Waals surface area (Å²) in [5, 5.41) is 11.6. The van der Waals surface area contributed by atoms with Crippen molar-refractivity contribution in [1.82, 2.24) is 30.5 Å². The second-order valence-corrected chi connectivity index (χ2v) is 9.46. The summed E-state index contributed by atoms with van der Waals surface area (Å²) in [5.74, 6) is 1.21. The molecule has 36 heavy (non-hydrogen) atoms. The van der Waals surface area contributed by atoms with Gasteiger partial charge in [-0.3, -0.25) is 5.10 Å². The van der Waals surface area contributed by atoms with E-state index in [1.807, 2.05) is 37.4 Å². The monoisotopic (exact) mass is 485 g/mol. The highest BCUT2D eigenvalue weighted by atomic mass is 19.1. The summed E-state index contributed by atoms with van der Waals surface area (Å²) < 4.78 is 15.2. The third kappa shape index (κ3) is 4.51. The van der Waals surface area contributed by atoms with E-state index in [2.05, 4.69) is 50.8 Å². The van der Waals surface area contributed by atoms with Gasteiger partial charge in [0.2, 0.25) is 0 Å². The first-order chi connectivity index (χ1) is 17.5. The molecule has 3 N–H and O–H groups in total. The molecule has 1 saturated heterocycles. The van der Waals surface area contributed by atoms with Gasteiger partial charge in [0.25, 0.3) is 0 Å². The molecule has 0 atom stereocenters. The summed E-state index contributed by atoms with van der Waals surface area (Å²) in [6.07, 6.45) is 10.9. The minimum absolute atomic E-state index is 0.234. The number of imidazole rings is 1. The van der Waals surface area contributed by atoms with Crippen molar-refractivity contribution in [1.29, 1.82) is 0 Å². The molecule has 3 aromatic heterocycles. The van der Waals surface area contributed by atoms with Gasteiger partial charge in [0.15, 0.2) is 11.6 Å². The normalized spacial score (nSPS) is 15.3. The predicted octanol–water partition coefficient (Wildman–Crippen LogP) is 6.10. The van der Waals surface area contributed by atoms with Gasteiger partial charge in [-0.15, -0.1) is 0 Å². The van der Waals surface area contributed by atoms with Crippen LogP contribution in [-0.4, -0.2) is 44.3 Å². The number of pyridine rings is 1. The Morgan fingerprint density at radius 3 is 2.72 bits per heavy atom. The second kappa shape index (κ2) is 9.97. The van der Waals surface area contributed by atoms with E-state index < -0.39 is 0 Å². The molecule has 0 unspecified atom stereocenters. The number of aromatic amines is 2. The number of anilines is 1. The maximum absolute atomic E-state index is 15.2. The van der Waals surface area contributed by atoms with Crippen LogP contribution in [0.4, 0.5) is 10.2 Å². The van der Waals surface area contributed by atoms with Crippen LogP contribution in [0.25, 0.3) is 39.0 Å². The van der Waals surface area contributed by atoms with Crippen LogP contribution in [0.5, 0.6) is 0 Å². The zero-order chi connectivity index (χ0) is 25.2. The largest absolute Gasteiger partial charge is 0.383 e. The maximum atomic E-state index is 15.2. The average Bonchev–Trinajstić information content (AvgIpc) is 3.50. The molecular weight excluding hydrogens is 453 g/mol. The van der Waals surface area contributed by atoms with Gasteiger partial charge in [-0.1, -0.05) is 12.7 Å². The number of halogens is 1. The van der Waals surface area contributed by atoms with E-state index in [0.717, 1.165) is 59.4 Å². The summed E-state index contributed by atoms with van der Waals surface area (Å²) in [5.41, 5.74) is 5.09. The topological polar surface area (TPSA) is 85.5 Å². The fourth-order valence-electron chi connectivity index (χ4n) is 4.79. The number of hydrogen-bond acceptors (Lipinski definition) is 5. The highest BCUT2D eigenvalue weighted by molar-refractivity contribution is 5.97. The molecule has 8 heteroatoms. The van der Waals surface area contributed by atoms with Crippen LogP contribution in [0, 0.1) is 5.82 Å². The van der Waals surface area contributed by atoms with Crippen LogP contribution in [0.2, 0.25) is 0 Å². The van der Waals surface area contributed by atoms with E-state index in [1.165, 1.54) is 12.5 Å². The van der Waals surface area contributed by atoms with Gasteiger partial charge in [0.05, 0.1) is 11.0 Å². The molecule has 0 amide bonds. The minimum Gasteiger partial charge on any atom is -0.383 e. The van der Waals surface area contributed by atoms with E-state index in [9.17, 15) is 0 Å². The highest BCUT2D eigenvalue weighted by Gasteiger charge is 2.20. The quantitative estimate of drug-likeness (QED) is 0.275. The first-order valence-electron chi connectivity index (χ1n) is 12.5. The Balaban J connectivity index is 1.58. The van der Waals surface area contributed by atoms with Crippen LogP contribution >= 0.6 is 0 Å². The van der Waals surface area contributed by atoms with Crippen LogP contribution in [0.15, 0.2) is 54.9 Å². The smallest absolute Gasteiger partial charge is 0.159 e. The fourth-order valence-corrected chi connectivity index (χ4v) is 4.79. The van der Waals surface area contributed by atoms with Crippen molar-refractivity contribution in [2.75, 3.05) is 18.0 Å². The number of fused-ring (bicyclic) bond motifs is 2. The zero-order valence-electron chi connectivity index (χ0n) is 21.0. The Labute approximate surface area is 210 Å². The highest BCUT2D eigenvalue weighted by Crippen LogP contribution is 2.33. The van der Waals surface area contributed by atoms with Crippen molar-refractivity contribution < 1.29 is 4.39 Å². The van der Waals surface area contributed by atoms with Crippen molar-refractivity contribution in [3.8, 4) is 11.5 Å². The summed E-state index contributed by atoms with van der Waals surface area (Å²) in [7, 11) is 0. The van der Waals surface area contributed by atoms with Gasteiger partial charge in [-0.05, 0) is 69.9 Å². The number of allylic oxidation sites excluding steroid dienone is 4. The lowest BCUT2D eigenvalue weighted by Crippen LogP contribution is -2.30. The van der Waals surface area contributed by atoms with E-state index >= 15 is 4.39 Å². The van der Waals surface area contributed by atoms with E-state index in [4.69, 9.17) is 4.98 Å². The minimum atomic E-state index is -0.323. The van der Waals surface area contributed by atoms with Gasteiger partial charge in [0.1, 0.15) is 17.0 Å². The summed E-state index contributed by atoms with van der Waals surface area (Å²) >= 11 is 0. The Morgan fingerprint density at radius 2 is 2.00 bits per heavy atom. The first kappa shape index (κ1) is 23.8. The average molecular weight is 486 g/mol. The van der Waals surface area contributed by atoms with E-state index in [-0.39, 0.29) is 11.9 Å². The Hall–Kier alpha value is -3.94. The van der Waals surface area contributed by atoms with Crippen molar-refractivity contribution >= 4 is 33.3 Å². The summed E-state index contributed by atoms with van der Waals surface area (Å²) in [6.45, 7) is 11.9. The molecule has 0 radical (unpaired) electrons. The third-order valence-electron chi connectivity index (χ3n) is 6.52. The predicted molar refractivity (Wildman–Crippen MR) is 145 cm³/mol. The maximum Gasteiger partial charge on any atom is 0.159 e. The molecule has 4 heterocycles. The molecule has 186 valence electrons. The van der Waals surface area contributed by atoms with Gasteiger partial charge in [-0.25, -0.2) is 14.4 Å². The molecular formula is C28H32FN7. The summed E-state index contributed by atoms with van der Waals surface area (Å²) in [4.78, 5) is 15.3. The Kier molecular flexibility index (Phi) is 6.59. The zero-order valence-corrected chi connectivity index (χ0v) is 21.0. The van der Waals surface area contributed by atoms with E-state index in [0.29, 0.717) is 22.6 Å². The Bertz CT molecular complexity index is 1470. The molecule has 4 aromatic rings. The molecule has 0 bridgehead atoms. The second-order valence-electron chi connectivity index (χ2n) is 9.46. The molecule has 1 fully saturated rings. The fraction of sp³-hybridized carbons (Fsp3) is 0.321. The number of nitrogens with zero attached hydrogens (tertiary/aromatic N) is 4. The Morgan fingerprint density at radius 1 is 1.19 bits per heavy atom. The lowest BCUT2D eigenvalue weighted by atomic mass is 10.0. The first-order valence-corrected chi connectivity index (χ1v) is 12.5.